The molecule has 3 atom stereocenters. The first-order valence-electron chi connectivity index (χ1n) is 10.0. The Hall–Kier alpha value is -2.09. The molecule has 0 saturated carbocycles. The molecular weight excluding hydrogens is 459 g/mol. The van der Waals surface area contributed by atoms with E-state index in [4.69, 9.17) is 28.3 Å². The average molecular weight is 483 g/mol. The fourth-order valence-corrected chi connectivity index (χ4v) is 5.29. The Morgan fingerprint density at radius 3 is 2.77 bits per heavy atom. The predicted molar refractivity (Wildman–Crippen MR) is 125 cm³/mol. The summed E-state index contributed by atoms with van der Waals surface area (Å²) in [6.07, 6.45) is 3.56. The van der Waals surface area contributed by atoms with Gasteiger partial charge in [0.1, 0.15) is 0 Å². The first-order valence-corrected chi connectivity index (χ1v) is 11.6. The molecule has 9 heteroatoms. The number of piperidine rings is 1. The van der Waals surface area contributed by atoms with E-state index in [1.54, 1.807) is 17.9 Å². The van der Waals surface area contributed by atoms with Gasteiger partial charge in [0.25, 0.3) is 0 Å². The molecule has 1 aliphatic rings. The van der Waals surface area contributed by atoms with Crippen molar-refractivity contribution in [3.05, 3.63) is 39.2 Å². The van der Waals surface area contributed by atoms with Gasteiger partial charge in [-0.05, 0) is 53.8 Å². The molecule has 1 saturated heterocycles. The molecule has 1 aromatic heterocycles. The number of benzene rings is 1. The normalized spacial score (nSPS) is 20.2. The van der Waals surface area contributed by atoms with Crippen LogP contribution in [0.2, 0.25) is 10.0 Å². The minimum absolute atomic E-state index is 0.0386. The first-order chi connectivity index (χ1) is 14.7. The number of likely N-dealkylation sites (tertiary alicyclic amines) is 1. The zero-order valence-corrected chi connectivity index (χ0v) is 19.6. The molecule has 0 radical (unpaired) electrons. The third kappa shape index (κ3) is 5.59. The highest BCUT2D eigenvalue weighted by molar-refractivity contribution is 7.18. The highest BCUT2D eigenvalue weighted by atomic mass is 35.5. The Kier molecular flexibility index (Phi) is 7.62. The molecule has 2 N–H and O–H groups in total. The van der Waals surface area contributed by atoms with Crippen LogP contribution in [0.5, 0.6) is 0 Å². The Labute approximate surface area is 194 Å². The summed E-state index contributed by atoms with van der Waals surface area (Å²) in [4.78, 5) is 37.7. The molecule has 166 valence electrons. The summed E-state index contributed by atoms with van der Waals surface area (Å²) in [5.41, 5.74) is 0.681. The number of carbonyl (C=O) groups excluding carboxylic acids is 2. The number of nitrogens with one attached hydrogen (secondary N) is 1. The summed E-state index contributed by atoms with van der Waals surface area (Å²) in [6, 6.07) is 3.43. The molecule has 1 aliphatic heterocycles. The topological polar surface area (TPSA) is 86.7 Å². The first kappa shape index (κ1) is 23.6. The van der Waals surface area contributed by atoms with Gasteiger partial charge in [-0.2, -0.15) is 0 Å². The van der Waals surface area contributed by atoms with Crippen molar-refractivity contribution >= 4 is 68.5 Å². The van der Waals surface area contributed by atoms with Crippen LogP contribution in [0.25, 0.3) is 16.2 Å². The van der Waals surface area contributed by atoms with Gasteiger partial charge in [-0.25, -0.2) is 0 Å². The van der Waals surface area contributed by atoms with Crippen molar-refractivity contribution in [2.75, 3.05) is 13.1 Å². The number of hydrogen-bond acceptors (Lipinski definition) is 4. The SMILES string of the molecule is CC(CC(=O)O)NC(=O)C1CCN(C(=O)/C=C/c2cc3ccsc3c(Cl)c2Cl)CC1C. The summed E-state index contributed by atoms with van der Waals surface area (Å²) >= 11 is 14.2. The van der Waals surface area contributed by atoms with Crippen LogP contribution < -0.4 is 5.32 Å². The molecule has 3 rings (SSSR count). The number of carboxylic acids is 1. The van der Waals surface area contributed by atoms with Gasteiger partial charge in [-0.1, -0.05) is 30.1 Å². The van der Waals surface area contributed by atoms with Crippen LogP contribution >= 0.6 is 34.5 Å². The molecule has 0 bridgehead atoms. The summed E-state index contributed by atoms with van der Waals surface area (Å²) in [7, 11) is 0. The number of carboxylic acid groups (broad SMARTS) is 1. The van der Waals surface area contributed by atoms with E-state index in [0.29, 0.717) is 35.1 Å². The highest BCUT2D eigenvalue weighted by Gasteiger charge is 2.33. The standard InChI is InChI=1S/C22H24Cl2N2O4S/c1-12-11-26(7-5-16(12)22(30)25-13(2)9-18(28)29)17(27)4-3-14-10-15-6-8-31-21(15)20(24)19(14)23/h3-4,6,8,10,12-13,16H,5,7,9,11H2,1-2H3,(H,25,30)(H,28,29)/b4-3+. The number of thiophene rings is 1. The minimum Gasteiger partial charge on any atom is -0.481 e. The maximum absolute atomic E-state index is 12.7. The lowest BCUT2D eigenvalue weighted by Gasteiger charge is -2.36. The van der Waals surface area contributed by atoms with Crippen LogP contribution in [0.15, 0.2) is 23.6 Å². The predicted octanol–water partition coefficient (Wildman–Crippen LogP) is 4.69. The summed E-state index contributed by atoms with van der Waals surface area (Å²) < 4.78 is 0.919. The van der Waals surface area contributed by atoms with Crippen molar-refractivity contribution in [1.82, 2.24) is 10.2 Å². The maximum Gasteiger partial charge on any atom is 0.305 e. The van der Waals surface area contributed by atoms with Crippen LogP contribution in [0, 0.1) is 11.8 Å². The second kappa shape index (κ2) is 10.0. The Morgan fingerprint density at radius 1 is 1.35 bits per heavy atom. The fourth-order valence-electron chi connectivity index (χ4n) is 3.85. The van der Waals surface area contributed by atoms with E-state index in [0.717, 1.165) is 10.1 Å². The fraction of sp³-hybridized carbons (Fsp3) is 0.409. The van der Waals surface area contributed by atoms with E-state index in [1.165, 1.54) is 17.4 Å². The van der Waals surface area contributed by atoms with Gasteiger partial charge < -0.3 is 15.3 Å². The number of fused-ring (bicyclic) bond motifs is 1. The van der Waals surface area contributed by atoms with Crippen LogP contribution in [0.4, 0.5) is 0 Å². The van der Waals surface area contributed by atoms with Crippen LogP contribution in [-0.2, 0) is 14.4 Å². The Morgan fingerprint density at radius 2 is 2.10 bits per heavy atom. The molecule has 1 fully saturated rings. The number of rotatable bonds is 6. The third-order valence-electron chi connectivity index (χ3n) is 5.48. The van der Waals surface area contributed by atoms with E-state index in [-0.39, 0.29) is 30.1 Å². The summed E-state index contributed by atoms with van der Waals surface area (Å²) in [5.74, 6) is -1.55. The van der Waals surface area contributed by atoms with E-state index in [1.807, 2.05) is 24.4 Å². The van der Waals surface area contributed by atoms with Crippen molar-refractivity contribution in [3.8, 4) is 0 Å². The molecule has 2 aromatic rings. The molecule has 6 nitrogen and oxygen atoms in total. The number of carbonyl (C=O) groups is 3. The monoisotopic (exact) mass is 482 g/mol. The van der Waals surface area contributed by atoms with Gasteiger partial charge in [0.15, 0.2) is 0 Å². The van der Waals surface area contributed by atoms with E-state index >= 15 is 0 Å². The minimum atomic E-state index is -0.951. The quantitative estimate of drug-likeness (QED) is 0.584. The Bertz CT molecular complexity index is 1040. The van der Waals surface area contributed by atoms with Gasteiger partial charge >= 0.3 is 5.97 Å². The lowest BCUT2D eigenvalue weighted by atomic mass is 9.86. The van der Waals surface area contributed by atoms with Crippen LogP contribution in [0.1, 0.15) is 32.3 Å². The largest absolute Gasteiger partial charge is 0.481 e. The number of hydrogen-bond donors (Lipinski definition) is 2. The second-order valence-corrected chi connectivity index (χ2v) is 9.60. The summed E-state index contributed by atoms with van der Waals surface area (Å²) in [6.45, 7) is 4.50. The lowest BCUT2D eigenvalue weighted by Crippen LogP contribution is -2.48. The van der Waals surface area contributed by atoms with Gasteiger partial charge in [0.05, 0.1) is 21.2 Å². The molecule has 1 aromatic carbocycles. The van der Waals surface area contributed by atoms with Crippen molar-refractivity contribution in [3.63, 3.8) is 0 Å². The number of halogens is 2. The zero-order valence-electron chi connectivity index (χ0n) is 17.2. The van der Waals surface area contributed by atoms with Crippen molar-refractivity contribution in [2.45, 2.75) is 32.7 Å². The van der Waals surface area contributed by atoms with Crippen LogP contribution in [-0.4, -0.2) is 46.9 Å². The molecule has 3 unspecified atom stereocenters. The van der Waals surface area contributed by atoms with Crippen molar-refractivity contribution in [2.24, 2.45) is 11.8 Å². The van der Waals surface area contributed by atoms with Gasteiger partial charge in [-0.3, -0.25) is 14.4 Å². The molecule has 31 heavy (non-hydrogen) atoms. The molecule has 2 amide bonds. The average Bonchev–Trinajstić information content (AvgIpc) is 3.17. The lowest BCUT2D eigenvalue weighted by molar-refractivity contribution is -0.138. The second-order valence-electron chi connectivity index (χ2n) is 7.93. The summed E-state index contributed by atoms with van der Waals surface area (Å²) in [5, 5.41) is 15.4. The number of nitrogens with zero attached hydrogens (tertiary/aromatic N) is 1. The molecule has 0 spiro atoms. The highest BCUT2D eigenvalue weighted by Crippen LogP contribution is 2.37. The van der Waals surface area contributed by atoms with E-state index in [2.05, 4.69) is 5.32 Å². The number of amides is 2. The smallest absolute Gasteiger partial charge is 0.305 e. The van der Waals surface area contributed by atoms with Crippen molar-refractivity contribution in [1.29, 1.82) is 0 Å². The van der Waals surface area contributed by atoms with Gasteiger partial charge in [0.2, 0.25) is 11.8 Å². The molecule has 2 heterocycles. The van der Waals surface area contributed by atoms with Crippen LogP contribution in [0.3, 0.4) is 0 Å². The molecular formula is C22H24Cl2N2O4S. The number of aliphatic carboxylic acids is 1. The molecule has 0 aliphatic carbocycles. The van der Waals surface area contributed by atoms with Gasteiger partial charge in [0, 0.05) is 31.1 Å². The zero-order chi connectivity index (χ0) is 22.7. The third-order valence-corrected chi connectivity index (χ3v) is 7.42. The van der Waals surface area contributed by atoms with E-state index in [9.17, 15) is 14.4 Å². The Balaban J connectivity index is 1.61. The van der Waals surface area contributed by atoms with E-state index < -0.39 is 12.0 Å². The van der Waals surface area contributed by atoms with Gasteiger partial charge in [-0.15, -0.1) is 11.3 Å². The van der Waals surface area contributed by atoms with Crippen molar-refractivity contribution < 1.29 is 19.5 Å². The maximum atomic E-state index is 12.7.